The van der Waals surface area contributed by atoms with Gasteiger partial charge in [0.2, 0.25) is 0 Å². The van der Waals surface area contributed by atoms with Crippen LogP contribution in [0.4, 0.5) is 5.69 Å². The Bertz CT molecular complexity index is 326. The van der Waals surface area contributed by atoms with Gasteiger partial charge in [-0.25, -0.2) is 0 Å². The lowest BCUT2D eigenvalue weighted by atomic mass is 9.78. The summed E-state index contributed by atoms with van der Waals surface area (Å²) in [6.45, 7) is 5.64. The summed E-state index contributed by atoms with van der Waals surface area (Å²) in [6, 6.07) is 0. The standard InChI is InChI=1S/C12H22N4/c1-3-12(5-4-6-13-9-12)10-14-11-7-15-16(2)8-11/h7-8,13-14H,3-6,9-10H2,1-2H3. The molecule has 0 spiro atoms. The van der Waals surface area contributed by atoms with E-state index in [1.54, 1.807) is 0 Å². The molecule has 4 nitrogen and oxygen atoms in total. The van der Waals surface area contributed by atoms with Crippen LogP contribution in [-0.4, -0.2) is 29.4 Å². The molecule has 1 aromatic rings. The molecule has 0 amide bonds. The first-order valence-electron chi connectivity index (χ1n) is 6.17. The molecule has 0 bridgehead atoms. The van der Waals surface area contributed by atoms with Gasteiger partial charge in [0.25, 0.3) is 0 Å². The Morgan fingerprint density at radius 1 is 1.62 bits per heavy atom. The molecule has 2 N–H and O–H groups in total. The fraction of sp³-hybridized carbons (Fsp3) is 0.750. The minimum atomic E-state index is 0.425. The molecule has 1 atom stereocenters. The predicted octanol–water partition coefficient (Wildman–Crippen LogP) is 1.61. The van der Waals surface area contributed by atoms with E-state index >= 15 is 0 Å². The largest absolute Gasteiger partial charge is 0.382 e. The van der Waals surface area contributed by atoms with Crippen molar-refractivity contribution in [3.05, 3.63) is 12.4 Å². The number of nitrogens with one attached hydrogen (secondary N) is 2. The van der Waals surface area contributed by atoms with Crippen LogP contribution in [0.15, 0.2) is 12.4 Å². The molecule has 4 heteroatoms. The van der Waals surface area contributed by atoms with E-state index in [9.17, 15) is 0 Å². The molecular formula is C12H22N4. The van der Waals surface area contributed by atoms with E-state index in [0.29, 0.717) is 5.41 Å². The number of anilines is 1. The summed E-state index contributed by atoms with van der Waals surface area (Å²) in [5, 5.41) is 11.2. The molecule has 1 unspecified atom stereocenters. The van der Waals surface area contributed by atoms with Crippen molar-refractivity contribution in [2.45, 2.75) is 26.2 Å². The average Bonchev–Trinajstić information content (AvgIpc) is 2.74. The monoisotopic (exact) mass is 222 g/mol. The second kappa shape index (κ2) is 4.87. The van der Waals surface area contributed by atoms with E-state index in [1.807, 2.05) is 24.1 Å². The lowest BCUT2D eigenvalue weighted by Crippen LogP contribution is -2.44. The van der Waals surface area contributed by atoms with E-state index in [4.69, 9.17) is 0 Å². The first kappa shape index (κ1) is 11.5. The summed E-state index contributed by atoms with van der Waals surface area (Å²) in [4.78, 5) is 0. The molecule has 1 aromatic heterocycles. The first-order valence-corrected chi connectivity index (χ1v) is 6.17. The lowest BCUT2D eigenvalue weighted by Gasteiger charge is -2.37. The van der Waals surface area contributed by atoms with Gasteiger partial charge in [0.1, 0.15) is 0 Å². The van der Waals surface area contributed by atoms with Gasteiger partial charge in [-0.15, -0.1) is 0 Å². The number of rotatable bonds is 4. The van der Waals surface area contributed by atoms with Crippen molar-refractivity contribution in [3.8, 4) is 0 Å². The molecule has 0 aliphatic carbocycles. The van der Waals surface area contributed by atoms with Crippen LogP contribution in [0.2, 0.25) is 0 Å². The molecule has 2 rings (SSSR count). The number of nitrogens with zero attached hydrogens (tertiary/aromatic N) is 2. The van der Waals surface area contributed by atoms with E-state index in [-0.39, 0.29) is 0 Å². The fourth-order valence-corrected chi connectivity index (χ4v) is 2.41. The van der Waals surface area contributed by atoms with Gasteiger partial charge in [0.15, 0.2) is 0 Å². The highest BCUT2D eigenvalue weighted by Gasteiger charge is 2.29. The second-order valence-electron chi connectivity index (χ2n) is 4.89. The maximum atomic E-state index is 4.17. The van der Waals surface area contributed by atoms with Crippen LogP contribution in [0.3, 0.4) is 0 Å². The summed E-state index contributed by atoms with van der Waals surface area (Å²) < 4.78 is 1.83. The van der Waals surface area contributed by atoms with Gasteiger partial charge in [-0.2, -0.15) is 5.10 Å². The molecule has 1 saturated heterocycles. The zero-order valence-electron chi connectivity index (χ0n) is 10.3. The summed E-state index contributed by atoms with van der Waals surface area (Å²) >= 11 is 0. The van der Waals surface area contributed by atoms with Crippen molar-refractivity contribution in [1.82, 2.24) is 15.1 Å². The number of hydrogen-bond donors (Lipinski definition) is 2. The van der Waals surface area contributed by atoms with Crippen molar-refractivity contribution in [2.75, 3.05) is 25.0 Å². The summed E-state index contributed by atoms with van der Waals surface area (Å²) in [7, 11) is 1.95. The van der Waals surface area contributed by atoms with Crippen LogP contribution in [-0.2, 0) is 7.05 Å². The molecule has 1 aliphatic rings. The van der Waals surface area contributed by atoms with Crippen molar-refractivity contribution in [2.24, 2.45) is 12.5 Å². The zero-order valence-corrected chi connectivity index (χ0v) is 10.3. The lowest BCUT2D eigenvalue weighted by molar-refractivity contribution is 0.217. The van der Waals surface area contributed by atoms with Crippen LogP contribution in [0.25, 0.3) is 0 Å². The van der Waals surface area contributed by atoms with Crippen molar-refractivity contribution < 1.29 is 0 Å². The van der Waals surface area contributed by atoms with Gasteiger partial charge >= 0.3 is 0 Å². The zero-order chi connectivity index (χ0) is 11.4. The molecule has 16 heavy (non-hydrogen) atoms. The number of aromatic nitrogens is 2. The Labute approximate surface area is 97.4 Å². The second-order valence-corrected chi connectivity index (χ2v) is 4.89. The van der Waals surface area contributed by atoms with Gasteiger partial charge in [0.05, 0.1) is 11.9 Å². The van der Waals surface area contributed by atoms with E-state index < -0.39 is 0 Å². The van der Waals surface area contributed by atoms with Gasteiger partial charge in [-0.3, -0.25) is 4.68 Å². The van der Waals surface area contributed by atoms with Gasteiger partial charge in [-0.1, -0.05) is 6.92 Å². The SMILES string of the molecule is CCC1(CNc2cnn(C)c2)CCCNC1. The quantitative estimate of drug-likeness (QED) is 0.813. The molecule has 0 aromatic carbocycles. The van der Waals surface area contributed by atoms with Crippen molar-refractivity contribution in [1.29, 1.82) is 0 Å². The summed E-state index contributed by atoms with van der Waals surface area (Å²) in [5.41, 5.74) is 1.55. The number of hydrogen-bond acceptors (Lipinski definition) is 3. The van der Waals surface area contributed by atoms with Gasteiger partial charge in [-0.05, 0) is 31.2 Å². The third-order valence-corrected chi connectivity index (χ3v) is 3.68. The highest BCUT2D eigenvalue weighted by molar-refractivity contribution is 5.38. The molecule has 0 saturated carbocycles. The third kappa shape index (κ3) is 2.55. The smallest absolute Gasteiger partial charge is 0.0726 e. The van der Waals surface area contributed by atoms with Crippen LogP contribution < -0.4 is 10.6 Å². The van der Waals surface area contributed by atoms with Crippen LogP contribution in [0.1, 0.15) is 26.2 Å². The Hall–Kier alpha value is -1.03. The Kier molecular flexibility index (Phi) is 3.49. The summed E-state index contributed by atoms with van der Waals surface area (Å²) in [5.74, 6) is 0. The number of piperidine rings is 1. The fourth-order valence-electron chi connectivity index (χ4n) is 2.41. The first-order chi connectivity index (χ1) is 7.74. The molecule has 2 heterocycles. The van der Waals surface area contributed by atoms with E-state index in [1.165, 1.54) is 25.8 Å². The highest BCUT2D eigenvalue weighted by atomic mass is 15.3. The predicted molar refractivity (Wildman–Crippen MR) is 66.5 cm³/mol. The summed E-state index contributed by atoms with van der Waals surface area (Å²) in [6.07, 6.45) is 7.76. The van der Waals surface area contributed by atoms with Crippen molar-refractivity contribution >= 4 is 5.69 Å². The maximum absolute atomic E-state index is 4.17. The van der Waals surface area contributed by atoms with Crippen molar-refractivity contribution in [3.63, 3.8) is 0 Å². The molecule has 1 fully saturated rings. The van der Waals surface area contributed by atoms with E-state index in [0.717, 1.165) is 18.8 Å². The Morgan fingerprint density at radius 3 is 3.06 bits per heavy atom. The van der Waals surface area contributed by atoms with Gasteiger partial charge in [0, 0.05) is 26.3 Å². The number of aryl methyl sites for hydroxylation is 1. The minimum absolute atomic E-state index is 0.425. The van der Waals surface area contributed by atoms with Crippen LogP contribution in [0, 0.1) is 5.41 Å². The molecular weight excluding hydrogens is 200 g/mol. The normalized spacial score (nSPS) is 25.6. The van der Waals surface area contributed by atoms with E-state index in [2.05, 4.69) is 22.7 Å². The van der Waals surface area contributed by atoms with Gasteiger partial charge < -0.3 is 10.6 Å². The molecule has 1 aliphatic heterocycles. The third-order valence-electron chi connectivity index (χ3n) is 3.68. The minimum Gasteiger partial charge on any atom is -0.382 e. The Balaban J connectivity index is 1.91. The molecule has 90 valence electrons. The highest BCUT2D eigenvalue weighted by Crippen LogP contribution is 2.30. The maximum Gasteiger partial charge on any atom is 0.0726 e. The Morgan fingerprint density at radius 2 is 2.50 bits per heavy atom. The van der Waals surface area contributed by atoms with Crippen LogP contribution in [0.5, 0.6) is 0 Å². The average molecular weight is 222 g/mol. The van der Waals surface area contributed by atoms with Crippen LogP contribution >= 0.6 is 0 Å². The molecule has 0 radical (unpaired) electrons. The topological polar surface area (TPSA) is 41.9 Å².